The first-order valence-electron chi connectivity index (χ1n) is 23.7. The number of aliphatic carboxylic acids is 1. The van der Waals surface area contributed by atoms with Crippen LogP contribution < -0.4 is 5.11 Å². The molecule has 0 heterocycles. The van der Waals surface area contributed by atoms with Crippen molar-refractivity contribution in [2.75, 3.05) is 41.0 Å². The van der Waals surface area contributed by atoms with E-state index < -0.39 is 18.1 Å². The number of hydrogen-bond donors (Lipinski definition) is 0. The molecule has 0 amide bonds. The van der Waals surface area contributed by atoms with Crippen LogP contribution in [0.15, 0.2) is 85.1 Å². The van der Waals surface area contributed by atoms with Gasteiger partial charge in [-0.05, 0) is 64.2 Å². The molecule has 0 aromatic heterocycles. The molecule has 0 aliphatic heterocycles. The summed E-state index contributed by atoms with van der Waals surface area (Å²) in [6, 6.07) is -0.739. The van der Waals surface area contributed by atoms with Crippen molar-refractivity contribution in [2.24, 2.45) is 0 Å². The summed E-state index contributed by atoms with van der Waals surface area (Å²) in [6.45, 7) is 4.55. The molecule has 60 heavy (non-hydrogen) atoms. The van der Waals surface area contributed by atoms with Gasteiger partial charge in [0.2, 0.25) is 0 Å². The van der Waals surface area contributed by atoms with E-state index in [-0.39, 0.29) is 49.1 Å². The van der Waals surface area contributed by atoms with Gasteiger partial charge in [-0.1, -0.05) is 176 Å². The predicted octanol–water partition coefficient (Wildman–Crippen LogP) is 12.0. The lowest BCUT2D eigenvalue weighted by atomic mass is 10.1. The predicted molar refractivity (Wildman–Crippen MR) is 249 cm³/mol. The van der Waals surface area contributed by atoms with Gasteiger partial charge in [-0.15, -0.1) is 0 Å². The summed E-state index contributed by atoms with van der Waals surface area (Å²) in [4.78, 5) is 36.9. The summed E-state index contributed by atoms with van der Waals surface area (Å²) in [5.41, 5.74) is 0. The fourth-order valence-corrected chi connectivity index (χ4v) is 6.44. The standard InChI is InChI=1S/C52H87NO7/c1-6-8-10-12-14-16-18-20-22-24-26-28-30-32-34-36-38-40-42-50(54)59-47-48(46-58-45-44-49(52(56)57)53(3,4)5)60-51(55)43-41-39-37-35-33-31-29-27-25-23-21-19-17-15-13-11-9-7-2/h15,17-29,48-49H,6-14,16,30-47H2,1-5H3/b17-15+,20-18+,21-19+,24-22+,25-23+,28-26+,29-27+. The number of allylic oxidation sites excluding steroid dienone is 14. The van der Waals surface area contributed by atoms with Crippen molar-refractivity contribution in [3.05, 3.63) is 85.1 Å². The van der Waals surface area contributed by atoms with Crippen molar-refractivity contribution in [2.45, 2.75) is 187 Å². The van der Waals surface area contributed by atoms with Gasteiger partial charge in [0.25, 0.3) is 0 Å². The van der Waals surface area contributed by atoms with Gasteiger partial charge >= 0.3 is 11.9 Å². The van der Waals surface area contributed by atoms with Crippen molar-refractivity contribution in [3.63, 3.8) is 0 Å². The molecule has 0 bridgehead atoms. The number of likely N-dealkylation sites (N-methyl/N-ethyl adjacent to an activating group) is 1. The molecule has 0 rings (SSSR count). The largest absolute Gasteiger partial charge is 0.544 e. The fraction of sp³-hybridized carbons (Fsp3) is 0.673. The highest BCUT2D eigenvalue weighted by Gasteiger charge is 2.25. The van der Waals surface area contributed by atoms with E-state index >= 15 is 0 Å². The van der Waals surface area contributed by atoms with Crippen molar-refractivity contribution < 1.29 is 38.2 Å². The molecule has 0 saturated carbocycles. The Morgan fingerprint density at radius 3 is 1.33 bits per heavy atom. The molecule has 0 saturated heterocycles. The van der Waals surface area contributed by atoms with Crippen LogP contribution in [-0.4, -0.2) is 75.5 Å². The van der Waals surface area contributed by atoms with Gasteiger partial charge < -0.3 is 28.6 Å². The van der Waals surface area contributed by atoms with Crippen molar-refractivity contribution in [1.82, 2.24) is 0 Å². The summed E-state index contributed by atoms with van der Waals surface area (Å²) in [6.07, 6.45) is 54.5. The molecule has 0 aliphatic rings. The van der Waals surface area contributed by atoms with Gasteiger partial charge in [0.15, 0.2) is 6.10 Å². The molecule has 0 N–H and O–H groups in total. The Labute approximate surface area is 367 Å². The van der Waals surface area contributed by atoms with Gasteiger partial charge in [-0.3, -0.25) is 9.59 Å². The summed E-state index contributed by atoms with van der Waals surface area (Å²) in [5, 5.41) is 11.6. The zero-order valence-electron chi connectivity index (χ0n) is 38.8. The number of carbonyl (C=O) groups excluding carboxylic acids is 3. The van der Waals surface area contributed by atoms with Gasteiger partial charge in [-0.25, -0.2) is 0 Å². The quantitative estimate of drug-likeness (QED) is 0.0261. The minimum Gasteiger partial charge on any atom is -0.544 e. The van der Waals surface area contributed by atoms with Crippen LogP contribution >= 0.6 is 0 Å². The molecule has 2 atom stereocenters. The number of esters is 2. The third-order valence-electron chi connectivity index (χ3n) is 10.2. The van der Waals surface area contributed by atoms with Crippen LogP contribution in [0.3, 0.4) is 0 Å². The number of hydrogen-bond acceptors (Lipinski definition) is 7. The smallest absolute Gasteiger partial charge is 0.306 e. The van der Waals surface area contributed by atoms with Crippen LogP contribution in [0.1, 0.15) is 174 Å². The number of carbonyl (C=O) groups is 3. The topological polar surface area (TPSA) is 102 Å². The highest BCUT2D eigenvalue weighted by Crippen LogP contribution is 2.13. The average molecular weight is 838 g/mol. The first-order chi connectivity index (χ1) is 29.1. The zero-order chi connectivity index (χ0) is 44.2. The van der Waals surface area contributed by atoms with Crippen molar-refractivity contribution in [3.8, 4) is 0 Å². The van der Waals surface area contributed by atoms with E-state index in [0.29, 0.717) is 6.42 Å². The van der Waals surface area contributed by atoms with Crippen molar-refractivity contribution in [1.29, 1.82) is 0 Å². The van der Waals surface area contributed by atoms with Crippen LogP contribution in [-0.2, 0) is 28.6 Å². The fourth-order valence-electron chi connectivity index (χ4n) is 6.44. The second-order valence-corrected chi connectivity index (χ2v) is 16.8. The molecule has 0 aromatic rings. The summed E-state index contributed by atoms with van der Waals surface area (Å²) < 4.78 is 17.2. The number of unbranched alkanes of at least 4 members (excludes halogenated alkanes) is 18. The number of ether oxygens (including phenoxy) is 3. The number of carboxylic acid groups (broad SMARTS) is 1. The molecule has 342 valence electrons. The van der Waals surface area contributed by atoms with Crippen LogP contribution in [0.25, 0.3) is 0 Å². The molecule has 2 unspecified atom stereocenters. The number of nitrogens with zero attached hydrogens (tertiary/aromatic N) is 1. The lowest BCUT2D eigenvalue weighted by Crippen LogP contribution is -2.55. The molecule has 0 fully saturated rings. The SMILES string of the molecule is CCCCC/C=C/C=C/C=C/C=C/CCCCCCCC(=O)OC(COCCC(C(=O)[O-])[N+](C)(C)C)COC(=O)CCCCCCC/C=C/C=C/C=C/CCCCCCC. The molecular formula is C52H87NO7. The maximum absolute atomic E-state index is 12.7. The normalized spacial score (nSPS) is 13.7. The van der Waals surface area contributed by atoms with E-state index in [4.69, 9.17) is 14.2 Å². The van der Waals surface area contributed by atoms with Gasteiger partial charge in [0, 0.05) is 19.3 Å². The molecule has 8 heteroatoms. The number of rotatable bonds is 41. The third-order valence-corrected chi connectivity index (χ3v) is 10.2. The second-order valence-electron chi connectivity index (χ2n) is 16.8. The maximum Gasteiger partial charge on any atom is 0.306 e. The van der Waals surface area contributed by atoms with E-state index in [0.717, 1.165) is 89.9 Å². The average Bonchev–Trinajstić information content (AvgIpc) is 3.21. The minimum absolute atomic E-state index is 0.0191. The summed E-state index contributed by atoms with van der Waals surface area (Å²) >= 11 is 0. The minimum atomic E-state index is -1.14. The molecular weight excluding hydrogens is 751 g/mol. The number of carboxylic acids is 1. The molecule has 0 aliphatic carbocycles. The highest BCUT2D eigenvalue weighted by molar-refractivity contribution is 5.70. The monoisotopic (exact) mass is 838 g/mol. The summed E-state index contributed by atoms with van der Waals surface area (Å²) in [7, 11) is 5.38. The van der Waals surface area contributed by atoms with E-state index in [1.807, 2.05) is 6.08 Å². The van der Waals surface area contributed by atoms with Crippen LogP contribution in [0.5, 0.6) is 0 Å². The molecule has 0 spiro atoms. The van der Waals surface area contributed by atoms with E-state index in [2.05, 4.69) is 92.8 Å². The Balaban J connectivity index is 4.43. The van der Waals surface area contributed by atoms with E-state index in [9.17, 15) is 19.5 Å². The van der Waals surface area contributed by atoms with Crippen LogP contribution in [0.2, 0.25) is 0 Å². The Bertz CT molecular complexity index is 1250. The molecule has 0 aromatic carbocycles. The lowest BCUT2D eigenvalue weighted by molar-refractivity contribution is -0.889. The van der Waals surface area contributed by atoms with Crippen LogP contribution in [0, 0.1) is 0 Å². The first kappa shape index (κ1) is 56.5. The van der Waals surface area contributed by atoms with Crippen LogP contribution in [0.4, 0.5) is 0 Å². The summed E-state index contributed by atoms with van der Waals surface area (Å²) in [5.74, 6) is -1.80. The zero-order valence-corrected chi connectivity index (χ0v) is 38.8. The lowest BCUT2D eigenvalue weighted by Gasteiger charge is -2.34. The van der Waals surface area contributed by atoms with Gasteiger partial charge in [0.05, 0.1) is 40.3 Å². The Morgan fingerprint density at radius 2 is 0.883 bits per heavy atom. The molecule has 8 nitrogen and oxygen atoms in total. The second kappa shape index (κ2) is 42.2. The maximum atomic E-state index is 12.7. The Hall–Kier alpha value is -3.49. The van der Waals surface area contributed by atoms with Crippen molar-refractivity contribution >= 4 is 17.9 Å². The van der Waals surface area contributed by atoms with Gasteiger partial charge in [0.1, 0.15) is 12.6 Å². The molecule has 0 radical (unpaired) electrons. The third kappa shape index (κ3) is 39.9. The van der Waals surface area contributed by atoms with Gasteiger partial charge in [-0.2, -0.15) is 0 Å². The first-order valence-corrected chi connectivity index (χ1v) is 23.7. The van der Waals surface area contributed by atoms with E-state index in [1.165, 1.54) is 51.4 Å². The number of quaternary nitrogens is 1. The highest BCUT2D eigenvalue weighted by atomic mass is 16.6. The van der Waals surface area contributed by atoms with E-state index in [1.54, 1.807) is 21.1 Å². The Morgan fingerprint density at radius 1 is 0.500 bits per heavy atom. The Kier molecular flexibility index (Phi) is 39.8.